The van der Waals surface area contributed by atoms with E-state index in [1.807, 2.05) is 0 Å². The van der Waals surface area contributed by atoms with Crippen molar-refractivity contribution in [2.24, 2.45) is 0 Å². The quantitative estimate of drug-likeness (QED) is 0.230. The molecule has 1 amide bonds. The molecule has 0 atom stereocenters. The van der Waals surface area contributed by atoms with Crippen LogP contribution in [-0.2, 0) is 4.79 Å². The summed E-state index contributed by atoms with van der Waals surface area (Å²) < 4.78 is 6.25. The summed E-state index contributed by atoms with van der Waals surface area (Å²) in [5.41, 5.74) is 1.60. The predicted molar refractivity (Wildman–Crippen MR) is 113 cm³/mol. The number of allylic oxidation sites excluding steroid dienone is 1. The Morgan fingerprint density at radius 1 is 1.14 bits per heavy atom. The summed E-state index contributed by atoms with van der Waals surface area (Å²) in [6, 6.07) is 14.4. The molecule has 3 aromatic rings. The lowest BCUT2D eigenvalue weighted by atomic mass is 10.1. The van der Waals surface area contributed by atoms with E-state index in [2.05, 4.69) is 21.2 Å². The number of amides is 1. The normalized spacial score (nSPS) is 10.8. The number of carbonyl (C=O) groups is 2. The zero-order valence-corrected chi connectivity index (χ0v) is 16.8. The molecule has 0 saturated heterocycles. The molecule has 0 fully saturated rings. The molecule has 0 bridgehead atoms. The van der Waals surface area contributed by atoms with E-state index in [0.717, 1.165) is 0 Å². The smallest absolute Gasteiger partial charge is 0.270 e. The Balaban J connectivity index is 1.76. The summed E-state index contributed by atoms with van der Waals surface area (Å²) in [4.78, 5) is 33.9. The van der Waals surface area contributed by atoms with Crippen LogP contribution in [0.3, 0.4) is 0 Å². The Labute approximate surface area is 174 Å². The minimum Gasteiger partial charge on any atom is -0.457 e. The maximum absolute atomic E-state index is 12.4. The first-order valence-corrected chi connectivity index (χ1v) is 9.27. The van der Waals surface area contributed by atoms with Crippen LogP contribution in [0.15, 0.2) is 69.6 Å². The second kappa shape index (κ2) is 8.66. The molecule has 8 heteroatoms. The van der Waals surface area contributed by atoms with Crippen LogP contribution in [0.4, 0.5) is 11.4 Å². The third kappa shape index (κ3) is 5.05. The van der Waals surface area contributed by atoms with Crippen LogP contribution in [0.5, 0.6) is 0 Å². The van der Waals surface area contributed by atoms with Crippen molar-refractivity contribution in [2.75, 3.05) is 5.32 Å². The summed E-state index contributed by atoms with van der Waals surface area (Å²) in [7, 11) is 0. The number of non-ortho nitro benzene ring substituents is 1. The van der Waals surface area contributed by atoms with E-state index < -0.39 is 4.92 Å². The average Bonchev–Trinajstić information content (AvgIpc) is 3.14. The van der Waals surface area contributed by atoms with Crippen LogP contribution < -0.4 is 5.32 Å². The molecule has 0 unspecified atom stereocenters. The second-order valence-electron chi connectivity index (χ2n) is 6.08. The number of carbonyl (C=O) groups excluding carboxylic acids is 2. The van der Waals surface area contributed by atoms with E-state index in [9.17, 15) is 19.7 Å². The van der Waals surface area contributed by atoms with Gasteiger partial charge in [0, 0.05) is 40.3 Å². The van der Waals surface area contributed by atoms with Crippen molar-refractivity contribution in [1.29, 1.82) is 0 Å². The van der Waals surface area contributed by atoms with Crippen LogP contribution in [0.1, 0.15) is 23.0 Å². The summed E-state index contributed by atoms with van der Waals surface area (Å²) in [6.45, 7) is 1.40. The fraction of sp³-hybridized carbons (Fsp3) is 0.0476. The fourth-order valence-corrected chi connectivity index (χ4v) is 3.17. The molecule has 7 nitrogen and oxygen atoms in total. The van der Waals surface area contributed by atoms with E-state index in [0.29, 0.717) is 32.8 Å². The molecule has 0 radical (unpaired) electrons. The van der Waals surface area contributed by atoms with Crippen molar-refractivity contribution in [1.82, 2.24) is 0 Å². The minimum absolute atomic E-state index is 0.0283. The largest absolute Gasteiger partial charge is 0.457 e. The van der Waals surface area contributed by atoms with Gasteiger partial charge in [-0.15, -0.1) is 0 Å². The van der Waals surface area contributed by atoms with Gasteiger partial charge in [-0.1, -0.05) is 12.1 Å². The number of anilines is 1. The lowest BCUT2D eigenvalue weighted by Gasteiger charge is -2.03. The lowest BCUT2D eigenvalue weighted by molar-refractivity contribution is -0.384. The predicted octanol–water partition coefficient (Wildman–Crippen LogP) is 5.47. The first-order chi connectivity index (χ1) is 13.8. The molecular formula is C21H15BrN2O5. The van der Waals surface area contributed by atoms with E-state index in [4.69, 9.17) is 4.42 Å². The highest BCUT2D eigenvalue weighted by atomic mass is 79.9. The number of furan rings is 1. The van der Waals surface area contributed by atoms with E-state index in [1.54, 1.807) is 42.5 Å². The Hall–Kier alpha value is -3.52. The summed E-state index contributed by atoms with van der Waals surface area (Å²) in [6.07, 6.45) is 2.91. The van der Waals surface area contributed by atoms with Crippen molar-refractivity contribution in [3.63, 3.8) is 0 Å². The van der Waals surface area contributed by atoms with Gasteiger partial charge in [-0.05, 0) is 58.4 Å². The third-order valence-electron chi connectivity index (χ3n) is 3.92. The molecule has 0 spiro atoms. The zero-order valence-electron chi connectivity index (χ0n) is 15.2. The molecule has 0 aliphatic heterocycles. The monoisotopic (exact) mass is 454 g/mol. The highest BCUT2D eigenvalue weighted by Crippen LogP contribution is 2.32. The molecule has 146 valence electrons. The molecule has 3 rings (SSSR count). The maximum Gasteiger partial charge on any atom is 0.270 e. The SMILES string of the molecule is CC(=O)Nc1cccc(C(=O)/C=C/c2ccc(-c3ccc([N+](=O)[O-])cc3Br)o2)c1. The Morgan fingerprint density at radius 3 is 2.62 bits per heavy atom. The first-order valence-electron chi connectivity index (χ1n) is 8.48. The highest BCUT2D eigenvalue weighted by Gasteiger charge is 2.13. The molecular weight excluding hydrogens is 440 g/mol. The maximum atomic E-state index is 12.4. The van der Waals surface area contributed by atoms with Gasteiger partial charge in [0.2, 0.25) is 5.91 Å². The van der Waals surface area contributed by atoms with Crippen LogP contribution in [0.25, 0.3) is 17.4 Å². The number of nitro benzene ring substituents is 1. The number of rotatable bonds is 6. The summed E-state index contributed by atoms with van der Waals surface area (Å²) >= 11 is 3.31. The van der Waals surface area contributed by atoms with Gasteiger partial charge in [0.15, 0.2) is 5.78 Å². The second-order valence-corrected chi connectivity index (χ2v) is 6.94. The molecule has 1 N–H and O–H groups in total. The number of hydrogen-bond acceptors (Lipinski definition) is 5. The lowest BCUT2D eigenvalue weighted by Crippen LogP contribution is -2.06. The first kappa shape index (κ1) is 20.2. The topological polar surface area (TPSA) is 102 Å². The number of benzene rings is 2. The van der Waals surface area contributed by atoms with Crippen LogP contribution >= 0.6 is 15.9 Å². The number of halogens is 1. The van der Waals surface area contributed by atoms with Gasteiger partial charge in [0.1, 0.15) is 11.5 Å². The average molecular weight is 455 g/mol. The van der Waals surface area contributed by atoms with Crippen molar-refractivity contribution in [3.05, 3.63) is 86.6 Å². The van der Waals surface area contributed by atoms with Gasteiger partial charge in [-0.2, -0.15) is 0 Å². The van der Waals surface area contributed by atoms with Gasteiger partial charge in [0.05, 0.1) is 4.92 Å². The highest BCUT2D eigenvalue weighted by molar-refractivity contribution is 9.10. The number of ketones is 1. The molecule has 0 saturated carbocycles. The van der Waals surface area contributed by atoms with Crippen molar-refractivity contribution < 1.29 is 18.9 Å². The molecule has 1 aromatic heterocycles. The number of nitrogens with zero attached hydrogens (tertiary/aromatic N) is 1. The Kier molecular flexibility index (Phi) is 6.04. The Bertz CT molecular complexity index is 1130. The van der Waals surface area contributed by atoms with Crippen molar-refractivity contribution >= 4 is 45.1 Å². The molecule has 0 aliphatic rings. The number of nitro groups is 1. The van der Waals surface area contributed by atoms with Gasteiger partial charge < -0.3 is 9.73 Å². The van der Waals surface area contributed by atoms with Gasteiger partial charge in [-0.25, -0.2) is 0 Å². The molecule has 1 heterocycles. The van der Waals surface area contributed by atoms with E-state index in [1.165, 1.54) is 31.2 Å². The van der Waals surface area contributed by atoms with Crippen molar-refractivity contribution in [2.45, 2.75) is 6.92 Å². The fourth-order valence-electron chi connectivity index (χ4n) is 2.61. The number of nitrogens with one attached hydrogen (secondary N) is 1. The Morgan fingerprint density at radius 2 is 1.93 bits per heavy atom. The van der Waals surface area contributed by atoms with E-state index in [-0.39, 0.29) is 17.4 Å². The summed E-state index contributed by atoms with van der Waals surface area (Å²) in [5.74, 6) is 0.500. The molecule has 29 heavy (non-hydrogen) atoms. The standard InChI is InChI=1S/C21H15BrN2O5/c1-13(25)23-15-4-2-3-14(11-15)20(26)9-6-17-7-10-21(29-17)18-8-5-16(24(27)28)12-19(18)22/h2-12H,1H3,(H,23,25)/b9-6+. The van der Waals surface area contributed by atoms with Crippen LogP contribution in [0, 0.1) is 10.1 Å². The van der Waals surface area contributed by atoms with Gasteiger partial charge in [-0.3, -0.25) is 19.7 Å². The zero-order chi connectivity index (χ0) is 21.0. The van der Waals surface area contributed by atoms with Crippen LogP contribution in [0.2, 0.25) is 0 Å². The summed E-state index contributed by atoms with van der Waals surface area (Å²) in [5, 5.41) is 13.5. The van der Waals surface area contributed by atoms with Crippen LogP contribution in [-0.4, -0.2) is 16.6 Å². The van der Waals surface area contributed by atoms with Crippen molar-refractivity contribution in [3.8, 4) is 11.3 Å². The minimum atomic E-state index is -0.475. The van der Waals surface area contributed by atoms with Gasteiger partial charge >= 0.3 is 0 Å². The van der Waals surface area contributed by atoms with E-state index >= 15 is 0 Å². The molecule has 2 aromatic carbocycles. The molecule has 0 aliphatic carbocycles. The van der Waals surface area contributed by atoms with Gasteiger partial charge in [0.25, 0.3) is 5.69 Å². The number of hydrogen-bond donors (Lipinski definition) is 1. The third-order valence-corrected chi connectivity index (χ3v) is 4.58.